The highest BCUT2D eigenvalue weighted by atomic mass is 16.5. The maximum absolute atomic E-state index is 10.9. The first-order valence-corrected chi connectivity index (χ1v) is 5.14. The van der Waals surface area contributed by atoms with Gasteiger partial charge in [-0.25, -0.2) is 0 Å². The van der Waals surface area contributed by atoms with Crippen molar-refractivity contribution in [1.82, 2.24) is 0 Å². The molecule has 78 valence electrons. The smallest absolute Gasteiger partial charge is 0.303 e. The van der Waals surface area contributed by atoms with Crippen molar-refractivity contribution in [1.29, 1.82) is 0 Å². The number of allylic oxidation sites excluding steroid dienone is 1. The highest BCUT2D eigenvalue weighted by molar-refractivity contribution is 5.77. The van der Waals surface area contributed by atoms with Crippen LogP contribution in [0.25, 0.3) is 5.57 Å². The lowest BCUT2D eigenvalue weighted by Crippen LogP contribution is -2.13. The van der Waals surface area contributed by atoms with Gasteiger partial charge in [-0.1, -0.05) is 30.3 Å². The molecule has 0 aliphatic heterocycles. The van der Waals surface area contributed by atoms with Gasteiger partial charge < -0.3 is 4.74 Å². The van der Waals surface area contributed by atoms with E-state index < -0.39 is 0 Å². The average Bonchev–Trinajstić information content (AvgIpc) is 2.59. The fourth-order valence-electron chi connectivity index (χ4n) is 2.01. The predicted octanol–water partition coefficient (Wildman–Crippen LogP) is 2.58. The molecule has 0 amide bonds. The molecule has 15 heavy (non-hydrogen) atoms. The van der Waals surface area contributed by atoms with Crippen LogP contribution in [0.15, 0.2) is 30.3 Å². The minimum atomic E-state index is -0.229. The Morgan fingerprint density at radius 1 is 1.40 bits per heavy atom. The molecule has 0 saturated heterocycles. The Hall–Kier alpha value is -1.57. The van der Waals surface area contributed by atoms with Gasteiger partial charge in [-0.05, 0) is 30.0 Å². The minimum absolute atomic E-state index is 0.147. The van der Waals surface area contributed by atoms with Gasteiger partial charge in [0.05, 0.1) is 0 Å². The van der Waals surface area contributed by atoms with Gasteiger partial charge in [-0.15, -0.1) is 0 Å². The molecule has 0 N–H and O–H groups in total. The van der Waals surface area contributed by atoms with Crippen LogP contribution in [0, 0.1) is 0 Å². The van der Waals surface area contributed by atoms with Crippen molar-refractivity contribution in [2.45, 2.75) is 26.4 Å². The SMILES string of the molecule is CC(=O)O[C@@H](C)C1=CCc2ccccc21. The second-order valence-electron chi connectivity index (χ2n) is 3.77. The number of rotatable bonds is 2. The molecule has 1 atom stereocenters. The van der Waals surface area contributed by atoms with Crippen molar-refractivity contribution in [2.75, 3.05) is 0 Å². The lowest BCUT2D eigenvalue weighted by atomic mass is 10.0. The zero-order chi connectivity index (χ0) is 10.8. The Bertz CT molecular complexity index is 418. The van der Waals surface area contributed by atoms with Crippen LogP contribution in [0.4, 0.5) is 0 Å². The van der Waals surface area contributed by atoms with E-state index in [-0.39, 0.29) is 12.1 Å². The monoisotopic (exact) mass is 202 g/mol. The molecule has 0 spiro atoms. The standard InChI is InChI=1S/C13H14O2/c1-9(15-10(2)14)12-8-7-11-5-3-4-6-13(11)12/h3-6,8-9H,7H2,1-2H3/t9-/m0/s1. The first kappa shape index (κ1) is 9.97. The highest BCUT2D eigenvalue weighted by Crippen LogP contribution is 2.30. The number of benzene rings is 1. The molecule has 0 radical (unpaired) electrons. The summed E-state index contributed by atoms with van der Waals surface area (Å²) in [7, 11) is 0. The maximum atomic E-state index is 10.9. The van der Waals surface area contributed by atoms with Gasteiger partial charge in [0.1, 0.15) is 6.10 Å². The van der Waals surface area contributed by atoms with Crippen LogP contribution in [0.1, 0.15) is 25.0 Å². The van der Waals surface area contributed by atoms with E-state index in [1.807, 2.05) is 19.1 Å². The molecule has 1 aromatic rings. The molecule has 1 aromatic carbocycles. The highest BCUT2D eigenvalue weighted by Gasteiger charge is 2.20. The molecule has 0 fully saturated rings. The third kappa shape index (κ3) is 1.94. The lowest BCUT2D eigenvalue weighted by molar-refractivity contribution is -0.142. The van der Waals surface area contributed by atoms with Crippen molar-refractivity contribution in [3.05, 3.63) is 41.5 Å². The first-order valence-electron chi connectivity index (χ1n) is 5.14. The fraction of sp³-hybridized carbons (Fsp3) is 0.308. The number of fused-ring (bicyclic) bond motifs is 1. The summed E-state index contributed by atoms with van der Waals surface area (Å²) in [6, 6.07) is 8.23. The van der Waals surface area contributed by atoms with E-state index in [1.165, 1.54) is 18.1 Å². The molecule has 1 aliphatic rings. The molecule has 1 aliphatic carbocycles. The third-order valence-electron chi connectivity index (χ3n) is 2.65. The number of ether oxygens (including phenoxy) is 1. The minimum Gasteiger partial charge on any atom is -0.458 e. The van der Waals surface area contributed by atoms with Gasteiger partial charge in [0.15, 0.2) is 0 Å². The Balaban J connectivity index is 2.23. The Labute approximate surface area is 89.6 Å². The normalized spacial score (nSPS) is 15.5. The molecular weight excluding hydrogens is 188 g/mol. The van der Waals surface area contributed by atoms with Crippen LogP contribution in [-0.4, -0.2) is 12.1 Å². The Morgan fingerprint density at radius 3 is 2.87 bits per heavy atom. The lowest BCUT2D eigenvalue weighted by Gasteiger charge is -2.14. The van der Waals surface area contributed by atoms with E-state index in [0.717, 1.165) is 12.0 Å². The number of carbonyl (C=O) groups excluding carboxylic acids is 1. The second-order valence-corrected chi connectivity index (χ2v) is 3.77. The summed E-state index contributed by atoms with van der Waals surface area (Å²) in [5, 5.41) is 0. The summed E-state index contributed by atoms with van der Waals surface area (Å²) in [5.41, 5.74) is 3.65. The molecule has 0 unspecified atom stereocenters. The van der Waals surface area contributed by atoms with Crippen molar-refractivity contribution >= 4 is 11.5 Å². The van der Waals surface area contributed by atoms with E-state index >= 15 is 0 Å². The van der Waals surface area contributed by atoms with E-state index in [2.05, 4.69) is 18.2 Å². The van der Waals surface area contributed by atoms with Crippen molar-refractivity contribution in [3.8, 4) is 0 Å². The Morgan fingerprint density at radius 2 is 2.13 bits per heavy atom. The second kappa shape index (κ2) is 3.89. The summed E-state index contributed by atoms with van der Waals surface area (Å²) in [6.07, 6.45) is 2.93. The van der Waals surface area contributed by atoms with Crippen LogP contribution >= 0.6 is 0 Å². The van der Waals surface area contributed by atoms with Crippen LogP contribution < -0.4 is 0 Å². The predicted molar refractivity (Wildman–Crippen MR) is 59.4 cm³/mol. The number of esters is 1. The molecule has 2 nitrogen and oxygen atoms in total. The summed E-state index contributed by atoms with van der Waals surface area (Å²) in [4.78, 5) is 10.9. The molecule has 0 heterocycles. The number of hydrogen-bond donors (Lipinski definition) is 0. The summed E-state index contributed by atoms with van der Waals surface area (Å²) in [5.74, 6) is -0.229. The quantitative estimate of drug-likeness (QED) is 0.689. The Kier molecular flexibility index (Phi) is 2.58. The zero-order valence-corrected chi connectivity index (χ0v) is 8.99. The van der Waals surface area contributed by atoms with E-state index in [4.69, 9.17) is 4.74 Å². The van der Waals surface area contributed by atoms with Crippen LogP contribution in [0.5, 0.6) is 0 Å². The van der Waals surface area contributed by atoms with Crippen molar-refractivity contribution in [3.63, 3.8) is 0 Å². The van der Waals surface area contributed by atoms with Crippen LogP contribution in [0.2, 0.25) is 0 Å². The maximum Gasteiger partial charge on any atom is 0.303 e. The summed E-state index contributed by atoms with van der Waals surface area (Å²) < 4.78 is 5.18. The fourth-order valence-corrected chi connectivity index (χ4v) is 2.01. The van der Waals surface area contributed by atoms with Crippen molar-refractivity contribution in [2.24, 2.45) is 0 Å². The molecule has 0 saturated carbocycles. The zero-order valence-electron chi connectivity index (χ0n) is 8.99. The first-order chi connectivity index (χ1) is 7.18. The number of carbonyl (C=O) groups is 1. The number of hydrogen-bond acceptors (Lipinski definition) is 2. The van der Waals surface area contributed by atoms with Crippen molar-refractivity contribution < 1.29 is 9.53 Å². The molecule has 0 bridgehead atoms. The van der Waals surface area contributed by atoms with E-state index in [1.54, 1.807) is 0 Å². The van der Waals surface area contributed by atoms with Gasteiger partial charge in [0, 0.05) is 6.92 Å². The van der Waals surface area contributed by atoms with Crippen LogP contribution in [0.3, 0.4) is 0 Å². The van der Waals surface area contributed by atoms with Crippen LogP contribution in [-0.2, 0) is 16.0 Å². The molecule has 0 aromatic heterocycles. The van der Waals surface area contributed by atoms with Gasteiger partial charge in [-0.2, -0.15) is 0 Å². The average molecular weight is 202 g/mol. The summed E-state index contributed by atoms with van der Waals surface area (Å²) >= 11 is 0. The van der Waals surface area contributed by atoms with E-state index in [9.17, 15) is 4.79 Å². The molecular formula is C13H14O2. The molecule has 2 heteroatoms. The summed E-state index contributed by atoms with van der Waals surface area (Å²) in [6.45, 7) is 3.35. The topological polar surface area (TPSA) is 26.3 Å². The molecule has 2 rings (SSSR count). The van der Waals surface area contributed by atoms with Gasteiger partial charge in [0.25, 0.3) is 0 Å². The van der Waals surface area contributed by atoms with Gasteiger partial charge in [-0.3, -0.25) is 4.79 Å². The third-order valence-corrected chi connectivity index (χ3v) is 2.65. The van der Waals surface area contributed by atoms with Gasteiger partial charge in [0.2, 0.25) is 0 Å². The largest absolute Gasteiger partial charge is 0.458 e. The van der Waals surface area contributed by atoms with E-state index in [0.29, 0.717) is 0 Å². The van der Waals surface area contributed by atoms with Gasteiger partial charge >= 0.3 is 5.97 Å².